The van der Waals surface area contributed by atoms with Crippen LogP contribution in [-0.4, -0.2) is 31.1 Å². The molecule has 5 nitrogen and oxygen atoms in total. The Hall–Kier alpha value is -2.74. The van der Waals surface area contributed by atoms with E-state index >= 15 is 0 Å². The number of Topliss-reactive ketones (excluding diaryl/α,β-unsaturated/α-hetero) is 1. The summed E-state index contributed by atoms with van der Waals surface area (Å²) in [4.78, 5) is 23.2. The molecule has 0 bridgehead atoms. The van der Waals surface area contributed by atoms with E-state index in [1.807, 2.05) is 0 Å². The lowest BCUT2D eigenvalue weighted by molar-refractivity contribution is -0.153. The lowest BCUT2D eigenvalue weighted by Gasteiger charge is -2.14. The fourth-order valence-electron chi connectivity index (χ4n) is 2.01. The molecule has 0 radical (unpaired) electrons. The minimum atomic E-state index is -4.52. The maximum Gasteiger partial charge on any atom is 0.422 e. The lowest BCUT2D eigenvalue weighted by atomic mass is 10.1. The van der Waals surface area contributed by atoms with Gasteiger partial charge in [0, 0.05) is 10.6 Å². The largest absolute Gasteiger partial charge is 0.484 e. The second-order valence-corrected chi connectivity index (χ2v) is 5.90. The summed E-state index contributed by atoms with van der Waals surface area (Å²) in [5.74, 6) is -0.540. The molecule has 1 N–H and O–H groups in total. The van der Waals surface area contributed by atoms with Crippen molar-refractivity contribution in [3.63, 3.8) is 0 Å². The van der Waals surface area contributed by atoms with Gasteiger partial charge in [0.1, 0.15) is 11.5 Å². The van der Waals surface area contributed by atoms with E-state index in [2.05, 4.69) is 10.1 Å². The molecule has 2 aromatic rings. The summed E-state index contributed by atoms with van der Waals surface area (Å²) in [7, 11) is 0. The molecule has 2 rings (SSSR count). The molecule has 144 valence electrons. The highest BCUT2D eigenvalue weighted by Gasteiger charge is 2.29. The maximum atomic E-state index is 12.3. The molecule has 0 aliphatic rings. The number of anilines is 1. The summed E-state index contributed by atoms with van der Waals surface area (Å²) in [5.41, 5.74) is 0.490. The van der Waals surface area contributed by atoms with E-state index in [1.54, 1.807) is 12.1 Å². The standard InChI is InChI=1S/C18H15ClF3NO4/c1-11(24)12-2-5-14(6-3-12)26-9-17(25)23-15-8-13(19)4-7-16(15)27-10-18(20,21)22/h2-8H,9-10H2,1H3,(H,23,25). The van der Waals surface area contributed by atoms with Gasteiger partial charge >= 0.3 is 6.18 Å². The molecule has 0 heterocycles. The van der Waals surface area contributed by atoms with E-state index in [4.69, 9.17) is 16.3 Å². The summed E-state index contributed by atoms with van der Waals surface area (Å²) in [5, 5.41) is 2.61. The van der Waals surface area contributed by atoms with Crippen LogP contribution in [0.15, 0.2) is 42.5 Å². The number of amides is 1. The number of ketones is 1. The predicted molar refractivity (Wildman–Crippen MR) is 93.6 cm³/mol. The van der Waals surface area contributed by atoms with Crippen LogP contribution in [0.25, 0.3) is 0 Å². The van der Waals surface area contributed by atoms with Crippen LogP contribution >= 0.6 is 11.6 Å². The van der Waals surface area contributed by atoms with E-state index in [0.29, 0.717) is 11.3 Å². The molecule has 0 atom stereocenters. The third kappa shape index (κ3) is 6.82. The number of benzene rings is 2. The third-order valence-corrected chi connectivity index (χ3v) is 3.47. The average Bonchev–Trinajstić information content (AvgIpc) is 2.59. The summed E-state index contributed by atoms with van der Waals surface area (Å²) < 4.78 is 46.9. The van der Waals surface area contributed by atoms with Gasteiger partial charge in [-0.05, 0) is 49.4 Å². The van der Waals surface area contributed by atoms with Crippen molar-refractivity contribution in [2.24, 2.45) is 0 Å². The van der Waals surface area contributed by atoms with Gasteiger partial charge in [-0.15, -0.1) is 0 Å². The van der Waals surface area contributed by atoms with Gasteiger partial charge < -0.3 is 14.8 Å². The molecule has 2 aromatic carbocycles. The fraction of sp³-hybridized carbons (Fsp3) is 0.222. The number of nitrogens with one attached hydrogen (secondary N) is 1. The average molecular weight is 402 g/mol. The van der Waals surface area contributed by atoms with Crippen molar-refractivity contribution in [1.82, 2.24) is 0 Å². The highest BCUT2D eigenvalue weighted by Crippen LogP contribution is 2.29. The van der Waals surface area contributed by atoms with Crippen molar-refractivity contribution in [3.8, 4) is 11.5 Å². The summed E-state index contributed by atoms with van der Waals surface area (Å²) in [6, 6.07) is 10.0. The minimum Gasteiger partial charge on any atom is -0.484 e. The van der Waals surface area contributed by atoms with E-state index in [9.17, 15) is 22.8 Å². The third-order valence-electron chi connectivity index (χ3n) is 3.24. The van der Waals surface area contributed by atoms with Gasteiger partial charge in [-0.2, -0.15) is 13.2 Å². The van der Waals surface area contributed by atoms with Crippen LogP contribution in [0, 0.1) is 0 Å². The van der Waals surface area contributed by atoms with Gasteiger partial charge in [0.15, 0.2) is 19.0 Å². The van der Waals surface area contributed by atoms with E-state index in [-0.39, 0.29) is 22.2 Å². The first-order valence-corrected chi connectivity index (χ1v) is 8.04. The number of ether oxygens (including phenoxy) is 2. The van der Waals surface area contributed by atoms with Crippen molar-refractivity contribution in [2.45, 2.75) is 13.1 Å². The summed E-state index contributed by atoms with van der Waals surface area (Å²) >= 11 is 5.82. The predicted octanol–water partition coefficient (Wildman–Crippen LogP) is 4.50. The van der Waals surface area contributed by atoms with E-state index < -0.39 is 25.3 Å². The Morgan fingerprint density at radius 3 is 2.33 bits per heavy atom. The number of alkyl halides is 3. The SMILES string of the molecule is CC(=O)c1ccc(OCC(=O)Nc2cc(Cl)ccc2OCC(F)(F)F)cc1. The van der Waals surface area contributed by atoms with Crippen molar-refractivity contribution in [1.29, 1.82) is 0 Å². The van der Waals surface area contributed by atoms with Crippen LogP contribution in [0.4, 0.5) is 18.9 Å². The molecule has 0 fully saturated rings. The Morgan fingerprint density at radius 1 is 1.07 bits per heavy atom. The quantitative estimate of drug-likeness (QED) is 0.694. The first kappa shape index (κ1) is 20.6. The van der Waals surface area contributed by atoms with Gasteiger partial charge in [0.05, 0.1) is 5.69 Å². The zero-order chi connectivity index (χ0) is 20.0. The molecule has 0 saturated heterocycles. The Balaban J connectivity index is 1.98. The van der Waals surface area contributed by atoms with Gasteiger partial charge in [-0.1, -0.05) is 11.6 Å². The topological polar surface area (TPSA) is 64.6 Å². The number of carbonyl (C=O) groups excluding carboxylic acids is 2. The van der Waals surface area contributed by atoms with Gasteiger partial charge in [-0.3, -0.25) is 9.59 Å². The molecular weight excluding hydrogens is 387 g/mol. The first-order valence-electron chi connectivity index (χ1n) is 7.67. The van der Waals surface area contributed by atoms with E-state index in [1.165, 1.54) is 37.3 Å². The molecule has 0 saturated carbocycles. The highest BCUT2D eigenvalue weighted by atomic mass is 35.5. The number of hydrogen-bond acceptors (Lipinski definition) is 4. The van der Waals surface area contributed by atoms with Crippen molar-refractivity contribution in [3.05, 3.63) is 53.1 Å². The second kappa shape index (κ2) is 8.77. The smallest absolute Gasteiger partial charge is 0.422 e. The number of halogens is 4. The molecule has 0 unspecified atom stereocenters. The number of carbonyl (C=O) groups is 2. The zero-order valence-electron chi connectivity index (χ0n) is 14.1. The van der Waals surface area contributed by atoms with Crippen LogP contribution in [-0.2, 0) is 4.79 Å². The van der Waals surface area contributed by atoms with Crippen LogP contribution < -0.4 is 14.8 Å². The number of rotatable bonds is 7. The maximum absolute atomic E-state index is 12.3. The fourth-order valence-corrected chi connectivity index (χ4v) is 2.18. The van der Waals surface area contributed by atoms with E-state index in [0.717, 1.165) is 0 Å². The Bertz CT molecular complexity index is 822. The Morgan fingerprint density at radius 2 is 1.74 bits per heavy atom. The summed E-state index contributed by atoms with van der Waals surface area (Å²) in [6.07, 6.45) is -4.52. The second-order valence-electron chi connectivity index (χ2n) is 5.46. The van der Waals surface area contributed by atoms with Gasteiger partial charge in [0.25, 0.3) is 5.91 Å². The Labute approximate surface area is 158 Å². The van der Waals surface area contributed by atoms with Crippen LogP contribution in [0.5, 0.6) is 11.5 Å². The Kier molecular flexibility index (Phi) is 6.68. The summed E-state index contributed by atoms with van der Waals surface area (Å²) in [6.45, 7) is -0.478. The number of hydrogen-bond donors (Lipinski definition) is 1. The molecule has 0 aliphatic carbocycles. The van der Waals surface area contributed by atoms with Gasteiger partial charge in [-0.25, -0.2) is 0 Å². The highest BCUT2D eigenvalue weighted by molar-refractivity contribution is 6.31. The molecule has 0 aromatic heterocycles. The van der Waals surface area contributed by atoms with Crippen molar-refractivity contribution >= 4 is 29.0 Å². The van der Waals surface area contributed by atoms with Crippen LogP contribution in [0.3, 0.4) is 0 Å². The molecule has 0 spiro atoms. The van der Waals surface area contributed by atoms with Crippen molar-refractivity contribution < 1.29 is 32.2 Å². The monoisotopic (exact) mass is 401 g/mol. The molecule has 1 amide bonds. The molecular formula is C18H15ClF3NO4. The minimum absolute atomic E-state index is 0.00715. The lowest BCUT2D eigenvalue weighted by Crippen LogP contribution is -2.22. The van der Waals surface area contributed by atoms with Crippen LogP contribution in [0.2, 0.25) is 5.02 Å². The normalized spacial score (nSPS) is 11.0. The first-order chi connectivity index (χ1) is 12.6. The van der Waals surface area contributed by atoms with Crippen LogP contribution in [0.1, 0.15) is 17.3 Å². The molecule has 9 heteroatoms. The molecule has 27 heavy (non-hydrogen) atoms. The zero-order valence-corrected chi connectivity index (χ0v) is 14.9. The molecule has 0 aliphatic heterocycles. The van der Waals surface area contributed by atoms with Gasteiger partial charge in [0.2, 0.25) is 0 Å². The van der Waals surface area contributed by atoms with Crippen molar-refractivity contribution in [2.75, 3.05) is 18.5 Å².